The minimum Gasteiger partial charge on any atom is -0.334 e. The molecule has 0 bridgehead atoms. The van der Waals surface area contributed by atoms with E-state index in [9.17, 15) is 13.2 Å². The number of hydrogen-bond donors (Lipinski definition) is 0. The standard InChI is InChI=1S/C9H16BrNO3S2/c1-3-11(4-2)9(12)15-7-5-6-16(13,14)8(7)10/h7-8H,3-6H2,1-2H3. The molecule has 0 aliphatic carbocycles. The Morgan fingerprint density at radius 1 is 1.44 bits per heavy atom. The van der Waals surface area contributed by atoms with Crippen LogP contribution in [0.3, 0.4) is 0 Å². The maximum absolute atomic E-state index is 11.8. The number of nitrogens with zero attached hydrogens (tertiary/aromatic N) is 1. The van der Waals surface area contributed by atoms with E-state index in [1.807, 2.05) is 13.8 Å². The first kappa shape index (κ1) is 14.3. The van der Waals surface area contributed by atoms with E-state index in [1.54, 1.807) is 4.90 Å². The van der Waals surface area contributed by atoms with Gasteiger partial charge in [0.25, 0.3) is 5.24 Å². The highest BCUT2D eigenvalue weighted by Gasteiger charge is 2.40. The fraction of sp³-hybridized carbons (Fsp3) is 0.889. The molecule has 4 nitrogen and oxygen atoms in total. The zero-order valence-corrected chi connectivity index (χ0v) is 12.6. The molecule has 0 aromatic carbocycles. The van der Waals surface area contributed by atoms with Crippen LogP contribution < -0.4 is 0 Å². The molecule has 1 aliphatic heterocycles. The van der Waals surface area contributed by atoms with Crippen LogP contribution in [-0.2, 0) is 9.84 Å². The van der Waals surface area contributed by atoms with E-state index < -0.39 is 14.0 Å². The molecule has 0 radical (unpaired) electrons. The van der Waals surface area contributed by atoms with Crippen LogP contribution in [0.2, 0.25) is 0 Å². The van der Waals surface area contributed by atoms with Crippen LogP contribution in [-0.4, -0.2) is 46.8 Å². The van der Waals surface area contributed by atoms with Gasteiger partial charge in [-0.2, -0.15) is 0 Å². The van der Waals surface area contributed by atoms with Gasteiger partial charge in [-0.15, -0.1) is 0 Å². The smallest absolute Gasteiger partial charge is 0.281 e. The third-order valence-electron chi connectivity index (χ3n) is 2.60. The molecule has 1 heterocycles. The van der Waals surface area contributed by atoms with Gasteiger partial charge in [0, 0.05) is 18.3 Å². The summed E-state index contributed by atoms with van der Waals surface area (Å²) in [4.78, 5) is 13.5. The van der Waals surface area contributed by atoms with Crippen molar-refractivity contribution in [2.45, 2.75) is 29.7 Å². The van der Waals surface area contributed by atoms with Crippen molar-refractivity contribution in [1.82, 2.24) is 4.90 Å². The highest BCUT2D eigenvalue weighted by Crippen LogP contribution is 2.35. The highest BCUT2D eigenvalue weighted by molar-refractivity contribution is 9.11. The third-order valence-corrected chi connectivity index (χ3v) is 8.55. The second-order valence-corrected chi connectivity index (χ2v) is 8.63. The molecule has 0 aromatic heterocycles. The lowest BCUT2D eigenvalue weighted by atomic mass is 10.4. The Balaban J connectivity index is 2.60. The molecule has 16 heavy (non-hydrogen) atoms. The molecule has 7 heteroatoms. The maximum atomic E-state index is 11.8. The minimum atomic E-state index is -3.03. The van der Waals surface area contributed by atoms with Crippen molar-refractivity contribution < 1.29 is 13.2 Å². The lowest BCUT2D eigenvalue weighted by molar-refractivity contribution is 0.228. The fourth-order valence-electron chi connectivity index (χ4n) is 1.55. The molecular weight excluding hydrogens is 314 g/mol. The van der Waals surface area contributed by atoms with Crippen molar-refractivity contribution in [3.8, 4) is 0 Å². The number of amides is 1. The number of rotatable bonds is 3. The molecule has 94 valence electrons. The third kappa shape index (κ3) is 3.13. The average Bonchev–Trinajstić information content (AvgIpc) is 2.47. The quantitative estimate of drug-likeness (QED) is 0.744. The van der Waals surface area contributed by atoms with E-state index in [0.717, 1.165) is 11.8 Å². The molecule has 2 atom stereocenters. The number of sulfone groups is 1. The summed E-state index contributed by atoms with van der Waals surface area (Å²) < 4.78 is 22.4. The van der Waals surface area contributed by atoms with Crippen molar-refractivity contribution in [3.05, 3.63) is 0 Å². The van der Waals surface area contributed by atoms with Crippen LogP contribution in [0.25, 0.3) is 0 Å². The van der Waals surface area contributed by atoms with Gasteiger partial charge < -0.3 is 4.90 Å². The Kier molecular flexibility index (Phi) is 5.12. The summed E-state index contributed by atoms with van der Waals surface area (Å²) in [6, 6.07) is 0. The predicted molar refractivity (Wildman–Crippen MR) is 70.8 cm³/mol. The van der Waals surface area contributed by atoms with Crippen LogP contribution in [0.4, 0.5) is 4.79 Å². The first-order valence-corrected chi connectivity index (χ1v) is 8.74. The highest BCUT2D eigenvalue weighted by atomic mass is 79.9. The van der Waals surface area contributed by atoms with E-state index in [2.05, 4.69) is 15.9 Å². The first-order chi connectivity index (χ1) is 7.42. The van der Waals surface area contributed by atoms with Gasteiger partial charge in [-0.25, -0.2) is 8.42 Å². The Bertz CT molecular complexity index is 354. The molecular formula is C9H16BrNO3S2. The Labute approximate surface area is 109 Å². The fourth-order valence-corrected chi connectivity index (χ4v) is 5.94. The van der Waals surface area contributed by atoms with Gasteiger partial charge in [0.1, 0.15) is 4.16 Å². The van der Waals surface area contributed by atoms with E-state index in [4.69, 9.17) is 0 Å². The summed E-state index contributed by atoms with van der Waals surface area (Å²) in [5.41, 5.74) is 0. The number of alkyl halides is 1. The molecule has 1 fully saturated rings. The zero-order chi connectivity index (χ0) is 12.3. The predicted octanol–water partition coefficient (Wildman–Crippen LogP) is 2.09. The number of thioether (sulfide) groups is 1. The van der Waals surface area contributed by atoms with E-state index in [0.29, 0.717) is 19.5 Å². The summed E-state index contributed by atoms with van der Waals surface area (Å²) in [6.07, 6.45) is 0.552. The second-order valence-electron chi connectivity index (χ2n) is 3.60. The molecule has 0 saturated carbocycles. The van der Waals surface area contributed by atoms with Gasteiger partial charge in [-0.1, -0.05) is 27.7 Å². The van der Waals surface area contributed by atoms with Crippen molar-refractivity contribution in [2.75, 3.05) is 18.8 Å². The van der Waals surface area contributed by atoms with Crippen LogP contribution in [0, 0.1) is 0 Å². The molecule has 1 aliphatic rings. The van der Waals surface area contributed by atoms with Crippen LogP contribution in [0.1, 0.15) is 20.3 Å². The van der Waals surface area contributed by atoms with E-state index in [1.165, 1.54) is 0 Å². The van der Waals surface area contributed by atoms with Crippen molar-refractivity contribution in [1.29, 1.82) is 0 Å². The first-order valence-electron chi connectivity index (χ1n) is 5.23. The monoisotopic (exact) mass is 329 g/mol. The summed E-state index contributed by atoms with van der Waals surface area (Å²) >= 11 is 4.30. The number of halogens is 1. The van der Waals surface area contributed by atoms with Gasteiger partial charge in [-0.05, 0) is 20.3 Å². The van der Waals surface area contributed by atoms with Gasteiger partial charge in [0.15, 0.2) is 9.84 Å². The van der Waals surface area contributed by atoms with E-state index in [-0.39, 0.29) is 16.2 Å². The average molecular weight is 330 g/mol. The van der Waals surface area contributed by atoms with Crippen LogP contribution in [0.15, 0.2) is 0 Å². The Morgan fingerprint density at radius 3 is 2.38 bits per heavy atom. The number of carbonyl (C=O) groups is 1. The second kappa shape index (κ2) is 5.73. The normalized spacial score (nSPS) is 27.9. The molecule has 1 saturated heterocycles. The van der Waals surface area contributed by atoms with Gasteiger partial charge in [-0.3, -0.25) is 4.79 Å². The van der Waals surface area contributed by atoms with Crippen molar-refractivity contribution in [3.63, 3.8) is 0 Å². The summed E-state index contributed by atoms with van der Waals surface area (Å²) in [5, 5.41) is -0.186. The topological polar surface area (TPSA) is 54.5 Å². The van der Waals surface area contributed by atoms with Crippen LogP contribution >= 0.6 is 27.7 Å². The number of hydrogen-bond acceptors (Lipinski definition) is 4. The van der Waals surface area contributed by atoms with E-state index >= 15 is 0 Å². The molecule has 0 aromatic rings. The minimum absolute atomic E-state index is 0.0310. The lowest BCUT2D eigenvalue weighted by Gasteiger charge is -2.20. The molecule has 0 N–H and O–H groups in total. The van der Waals surface area contributed by atoms with Gasteiger partial charge in [0.05, 0.1) is 5.75 Å². The summed E-state index contributed by atoms with van der Waals surface area (Å²) in [6.45, 7) is 5.15. The largest absolute Gasteiger partial charge is 0.334 e. The maximum Gasteiger partial charge on any atom is 0.281 e. The summed E-state index contributed by atoms with van der Waals surface area (Å²) in [7, 11) is -3.03. The lowest BCUT2D eigenvalue weighted by Crippen LogP contribution is -2.29. The number of carbonyl (C=O) groups excluding carboxylic acids is 1. The molecule has 1 rings (SSSR count). The Morgan fingerprint density at radius 2 is 2.00 bits per heavy atom. The molecule has 1 amide bonds. The van der Waals surface area contributed by atoms with Gasteiger partial charge in [0.2, 0.25) is 0 Å². The van der Waals surface area contributed by atoms with Crippen LogP contribution in [0.5, 0.6) is 0 Å². The van der Waals surface area contributed by atoms with Crippen molar-refractivity contribution >= 4 is 42.8 Å². The van der Waals surface area contributed by atoms with Crippen molar-refractivity contribution in [2.24, 2.45) is 0 Å². The Hall–Kier alpha value is 0.250. The van der Waals surface area contributed by atoms with Gasteiger partial charge >= 0.3 is 0 Å². The zero-order valence-electron chi connectivity index (χ0n) is 9.35. The molecule has 0 spiro atoms. The SMILES string of the molecule is CCN(CC)C(=O)SC1CCS(=O)(=O)C1Br. The summed E-state index contributed by atoms with van der Waals surface area (Å²) in [5.74, 6) is 0.173. The molecule has 2 unspecified atom stereocenters.